The zero-order valence-corrected chi connectivity index (χ0v) is 26.6. The minimum absolute atomic E-state index is 0.0409. The average Bonchev–Trinajstić information content (AvgIpc) is 3.33. The van der Waals surface area contributed by atoms with Crippen LogP contribution in [0.15, 0.2) is 78.9 Å². The van der Waals surface area contributed by atoms with Crippen molar-refractivity contribution in [3.8, 4) is 0 Å². The second kappa shape index (κ2) is 13.5. The Morgan fingerprint density at radius 1 is 0.938 bits per heavy atom. The van der Waals surface area contributed by atoms with Crippen LogP contribution in [0.3, 0.4) is 0 Å². The second-order valence-corrected chi connectivity index (χ2v) is 12.0. The highest BCUT2D eigenvalue weighted by Crippen LogP contribution is 2.32. The lowest BCUT2D eigenvalue weighted by Crippen LogP contribution is -2.54. The van der Waals surface area contributed by atoms with Gasteiger partial charge in [-0.3, -0.25) is 39.0 Å². The summed E-state index contributed by atoms with van der Waals surface area (Å²) in [4.78, 5) is 77.4. The lowest BCUT2D eigenvalue weighted by Gasteiger charge is -2.27. The van der Waals surface area contributed by atoms with Crippen LogP contribution in [-0.2, 0) is 14.4 Å². The van der Waals surface area contributed by atoms with E-state index in [1.165, 1.54) is 6.07 Å². The van der Waals surface area contributed by atoms with Gasteiger partial charge in [0.1, 0.15) is 6.04 Å². The molecule has 4 aromatic carbocycles. The Balaban J connectivity index is 1.04. The molecule has 2 aliphatic rings. The summed E-state index contributed by atoms with van der Waals surface area (Å²) in [6.07, 6.45) is 0.686. The van der Waals surface area contributed by atoms with Crippen LogP contribution in [-0.4, -0.2) is 52.9 Å². The van der Waals surface area contributed by atoms with Crippen molar-refractivity contribution in [3.63, 3.8) is 0 Å². The van der Waals surface area contributed by atoms with E-state index in [9.17, 15) is 28.8 Å². The minimum Gasteiger partial charge on any atom is -0.384 e. The van der Waals surface area contributed by atoms with Gasteiger partial charge in [-0.2, -0.15) is 0 Å². The van der Waals surface area contributed by atoms with Crippen molar-refractivity contribution in [2.24, 2.45) is 0 Å². The first-order valence-corrected chi connectivity index (χ1v) is 15.9. The molecular formula is C37H35N5O6. The van der Waals surface area contributed by atoms with Gasteiger partial charge in [0.05, 0.1) is 17.2 Å². The molecule has 0 spiro atoms. The topological polar surface area (TPSA) is 154 Å². The Labute approximate surface area is 277 Å². The molecular weight excluding hydrogens is 610 g/mol. The van der Waals surface area contributed by atoms with Crippen molar-refractivity contribution in [2.45, 2.75) is 51.6 Å². The first kappa shape index (κ1) is 32.1. The van der Waals surface area contributed by atoms with Crippen LogP contribution in [0.5, 0.6) is 0 Å². The van der Waals surface area contributed by atoms with Gasteiger partial charge in [0, 0.05) is 36.3 Å². The maximum Gasteiger partial charge on any atom is 0.264 e. The molecule has 0 bridgehead atoms. The molecule has 2 atom stereocenters. The number of nitrogens with one attached hydrogen (secondary N) is 4. The van der Waals surface area contributed by atoms with Crippen molar-refractivity contribution in [1.29, 1.82) is 0 Å². The van der Waals surface area contributed by atoms with E-state index in [2.05, 4.69) is 21.3 Å². The molecule has 0 saturated carbocycles. The van der Waals surface area contributed by atoms with Gasteiger partial charge in [0.15, 0.2) is 0 Å². The summed E-state index contributed by atoms with van der Waals surface area (Å²) in [5.41, 5.74) is 3.52. The number of aryl methyl sites for hydroxylation is 1. The number of carbonyl (C=O) groups excluding carboxylic acids is 6. The fraction of sp³-hybridized carbons (Fsp3) is 0.243. The SMILES string of the molecule is Cc1ccc(NC(=O)CCCNc2cccc3c2C(=O)N(C2CCC(=O)NC2=O)C3=O)cc1C(=O)N[C@H](C)c1cccc2ccccc12. The van der Waals surface area contributed by atoms with Crippen LogP contribution in [0.25, 0.3) is 10.8 Å². The lowest BCUT2D eigenvalue weighted by atomic mass is 9.99. The predicted octanol–water partition coefficient (Wildman–Crippen LogP) is 4.87. The van der Waals surface area contributed by atoms with E-state index in [1.54, 1.807) is 30.3 Å². The number of fused-ring (bicyclic) bond motifs is 2. The van der Waals surface area contributed by atoms with E-state index >= 15 is 0 Å². The smallest absolute Gasteiger partial charge is 0.264 e. The van der Waals surface area contributed by atoms with Crippen molar-refractivity contribution in [3.05, 3.63) is 107 Å². The minimum atomic E-state index is -1.05. The van der Waals surface area contributed by atoms with Crippen LogP contribution in [0.4, 0.5) is 11.4 Å². The van der Waals surface area contributed by atoms with Crippen LogP contribution >= 0.6 is 0 Å². The number of imide groups is 2. The molecule has 2 heterocycles. The summed E-state index contributed by atoms with van der Waals surface area (Å²) in [7, 11) is 0. The summed E-state index contributed by atoms with van der Waals surface area (Å²) in [5, 5.41) is 13.5. The Kier molecular flexibility index (Phi) is 9.02. The van der Waals surface area contributed by atoms with E-state index in [0.29, 0.717) is 29.9 Å². The Bertz CT molecular complexity index is 1980. The first-order chi connectivity index (χ1) is 23.1. The molecule has 0 aromatic heterocycles. The van der Waals surface area contributed by atoms with Crippen LogP contribution in [0.1, 0.15) is 80.8 Å². The highest BCUT2D eigenvalue weighted by Gasteiger charge is 2.45. The number of carbonyl (C=O) groups is 6. The maximum atomic E-state index is 13.3. The zero-order chi connectivity index (χ0) is 33.9. The number of benzene rings is 4. The zero-order valence-electron chi connectivity index (χ0n) is 26.6. The van der Waals surface area contributed by atoms with Crippen molar-refractivity contribution in [2.75, 3.05) is 17.2 Å². The van der Waals surface area contributed by atoms with Crippen LogP contribution in [0, 0.1) is 6.92 Å². The second-order valence-electron chi connectivity index (χ2n) is 12.0. The Morgan fingerprint density at radius 2 is 1.71 bits per heavy atom. The van der Waals surface area contributed by atoms with E-state index in [1.807, 2.05) is 56.3 Å². The molecule has 6 amide bonds. The molecule has 48 heavy (non-hydrogen) atoms. The predicted molar refractivity (Wildman–Crippen MR) is 180 cm³/mol. The van der Waals surface area contributed by atoms with E-state index in [0.717, 1.165) is 26.8 Å². The first-order valence-electron chi connectivity index (χ1n) is 15.9. The molecule has 1 unspecified atom stereocenters. The molecule has 11 nitrogen and oxygen atoms in total. The van der Waals surface area contributed by atoms with E-state index in [4.69, 9.17) is 0 Å². The maximum absolute atomic E-state index is 13.3. The molecule has 11 heteroatoms. The highest BCUT2D eigenvalue weighted by molar-refractivity contribution is 6.25. The van der Waals surface area contributed by atoms with Gasteiger partial charge in [-0.05, 0) is 72.9 Å². The van der Waals surface area contributed by atoms with Crippen LogP contribution < -0.4 is 21.3 Å². The molecule has 1 fully saturated rings. The number of hydrogen-bond acceptors (Lipinski definition) is 7. The number of piperidine rings is 1. The Hall–Kier alpha value is -5.84. The quantitative estimate of drug-likeness (QED) is 0.142. The monoisotopic (exact) mass is 645 g/mol. The third-order valence-electron chi connectivity index (χ3n) is 8.77. The molecule has 2 aliphatic heterocycles. The standard InChI is InChI=1S/C37H35N5O6/c1-21-15-16-24(20-28(21)34(45)39-22(2)25-11-5-9-23-8-3-4-10-26(23)25)40-31(43)14-7-19-38-29-13-6-12-27-33(29)37(48)42(36(27)47)30-17-18-32(44)41-35(30)46/h3-6,8-13,15-16,20,22,30,38H,7,14,17-19H2,1-2H3,(H,39,45)(H,40,43)(H,41,44,46)/t22-,30?/m1/s1. The molecule has 4 N–H and O–H groups in total. The van der Waals surface area contributed by atoms with Gasteiger partial charge >= 0.3 is 0 Å². The van der Waals surface area contributed by atoms with Crippen molar-refractivity contribution >= 4 is 57.6 Å². The fourth-order valence-electron chi connectivity index (χ4n) is 6.28. The molecule has 244 valence electrons. The molecule has 4 aromatic rings. The van der Waals surface area contributed by atoms with E-state index < -0.39 is 29.7 Å². The van der Waals surface area contributed by atoms with Crippen molar-refractivity contribution < 1.29 is 28.8 Å². The van der Waals surface area contributed by atoms with Gasteiger partial charge in [0.2, 0.25) is 17.7 Å². The van der Waals surface area contributed by atoms with Gasteiger partial charge in [-0.15, -0.1) is 0 Å². The fourth-order valence-corrected chi connectivity index (χ4v) is 6.28. The number of anilines is 2. The molecule has 1 saturated heterocycles. The molecule has 0 aliphatic carbocycles. The summed E-state index contributed by atoms with van der Waals surface area (Å²) in [5.74, 6) is -2.77. The third-order valence-corrected chi connectivity index (χ3v) is 8.77. The van der Waals surface area contributed by atoms with E-state index in [-0.39, 0.29) is 48.2 Å². The average molecular weight is 646 g/mol. The molecule has 6 rings (SSSR count). The van der Waals surface area contributed by atoms with Crippen molar-refractivity contribution in [1.82, 2.24) is 15.5 Å². The highest BCUT2D eigenvalue weighted by atomic mass is 16.2. The summed E-state index contributed by atoms with van der Waals surface area (Å²) < 4.78 is 0. The lowest BCUT2D eigenvalue weighted by molar-refractivity contribution is -0.136. The third kappa shape index (κ3) is 6.39. The molecule has 0 radical (unpaired) electrons. The largest absolute Gasteiger partial charge is 0.384 e. The van der Waals surface area contributed by atoms with Gasteiger partial charge in [-0.25, -0.2) is 0 Å². The summed E-state index contributed by atoms with van der Waals surface area (Å²) >= 11 is 0. The number of rotatable bonds is 10. The normalized spacial score (nSPS) is 16.4. The number of nitrogens with zero attached hydrogens (tertiary/aromatic N) is 1. The summed E-state index contributed by atoms with van der Waals surface area (Å²) in [6.45, 7) is 4.12. The number of amides is 6. The van der Waals surface area contributed by atoms with Gasteiger partial charge in [0.25, 0.3) is 17.7 Å². The Morgan fingerprint density at radius 3 is 2.52 bits per heavy atom. The summed E-state index contributed by atoms with van der Waals surface area (Å²) in [6, 6.07) is 22.8. The van der Waals surface area contributed by atoms with Crippen LogP contribution in [0.2, 0.25) is 0 Å². The number of hydrogen-bond donors (Lipinski definition) is 4. The van der Waals surface area contributed by atoms with Gasteiger partial charge in [-0.1, -0.05) is 54.6 Å². The van der Waals surface area contributed by atoms with Gasteiger partial charge < -0.3 is 16.0 Å².